The van der Waals surface area contributed by atoms with Crippen LogP contribution in [0.4, 0.5) is 8.78 Å². The molecule has 0 aliphatic carbocycles. The van der Waals surface area contributed by atoms with Crippen molar-refractivity contribution in [3.05, 3.63) is 81.1 Å². The van der Waals surface area contributed by atoms with Crippen LogP contribution in [0.3, 0.4) is 0 Å². The number of sulfonamides is 1. The van der Waals surface area contributed by atoms with Crippen molar-refractivity contribution in [2.45, 2.75) is 18.0 Å². The molecule has 34 heavy (non-hydrogen) atoms. The maximum Gasteiger partial charge on any atom is 0.241 e. The first-order chi connectivity index (χ1) is 16.2. The number of methoxy groups -OCH3 is 1. The van der Waals surface area contributed by atoms with Gasteiger partial charge in [-0.3, -0.25) is 4.68 Å². The van der Waals surface area contributed by atoms with E-state index in [0.717, 1.165) is 11.6 Å². The van der Waals surface area contributed by atoms with Crippen LogP contribution in [0.25, 0.3) is 5.57 Å². The Labute approximate surface area is 204 Å². The summed E-state index contributed by atoms with van der Waals surface area (Å²) in [5, 5.41) is 5.25. The summed E-state index contributed by atoms with van der Waals surface area (Å²) in [5.41, 5.74) is 2.03. The van der Waals surface area contributed by atoms with Gasteiger partial charge in [0.05, 0.1) is 50.2 Å². The number of aromatic nitrogens is 2. The first-order valence-electron chi connectivity index (χ1n) is 9.97. The Morgan fingerprint density at radius 1 is 1.24 bits per heavy atom. The Morgan fingerprint density at radius 3 is 2.74 bits per heavy atom. The van der Waals surface area contributed by atoms with Crippen molar-refractivity contribution in [3.63, 3.8) is 0 Å². The minimum absolute atomic E-state index is 0.0717. The smallest absolute Gasteiger partial charge is 0.241 e. The lowest BCUT2D eigenvalue weighted by Gasteiger charge is -2.20. The summed E-state index contributed by atoms with van der Waals surface area (Å²) in [6.45, 7) is -0.241. The fraction of sp³-hybridized carbons (Fsp3) is 0.227. The van der Waals surface area contributed by atoms with Gasteiger partial charge in [0.1, 0.15) is 5.83 Å². The fourth-order valence-electron chi connectivity index (χ4n) is 3.51. The SMILES string of the molecule is COc1ccc(S(=O)(=O)NC/C(F)=C2\COCc3cnn(Cc4ccc(Cl)cc4Cl)c32)cc1F. The fourth-order valence-corrected chi connectivity index (χ4v) is 4.97. The zero-order valence-electron chi connectivity index (χ0n) is 17.8. The van der Waals surface area contributed by atoms with Gasteiger partial charge in [-0.15, -0.1) is 0 Å². The second kappa shape index (κ2) is 10.0. The third-order valence-electron chi connectivity index (χ3n) is 5.22. The average Bonchev–Trinajstić information content (AvgIpc) is 3.22. The van der Waals surface area contributed by atoms with Crippen molar-refractivity contribution < 1.29 is 26.7 Å². The molecule has 1 N–H and O–H groups in total. The number of hydrogen-bond donors (Lipinski definition) is 1. The third-order valence-corrected chi connectivity index (χ3v) is 7.20. The van der Waals surface area contributed by atoms with Crippen LogP contribution in [0.1, 0.15) is 16.8 Å². The Balaban J connectivity index is 1.59. The van der Waals surface area contributed by atoms with Gasteiger partial charge < -0.3 is 9.47 Å². The Morgan fingerprint density at radius 2 is 2.03 bits per heavy atom. The van der Waals surface area contributed by atoms with Crippen LogP contribution in [-0.2, 0) is 27.9 Å². The summed E-state index contributed by atoms with van der Waals surface area (Å²) < 4.78 is 68.3. The van der Waals surface area contributed by atoms with Crippen molar-refractivity contribution >= 4 is 38.8 Å². The number of hydrogen-bond acceptors (Lipinski definition) is 5. The highest BCUT2D eigenvalue weighted by molar-refractivity contribution is 7.89. The number of nitrogens with zero attached hydrogens (tertiary/aromatic N) is 2. The van der Waals surface area contributed by atoms with E-state index in [-0.39, 0.29) is 36.0 Å². The standard InChI is InChI=1S/C22H19Cl2F2N3O4S/c1-32-21-5-4-16(7-19(21)25)34(30,31)28-9-20(26)17-12-33-11-14-8-27-29(22(14)17)10-13-2-3-15(23)6-18(13)24/h2-8,28H,9-12H2,1H3/b20-17-. The quantitative estimate of drug-likeness (QED) is 0.484. The molecule has 0 radical (unpaired) electrons. The molecule has 1 aliphatic rings. The van der Waals surface area contributed by atoms with Crippen LogP contribution in [-0.4, -0.2) is 38.5 Å². The molecule has 4 rings (SSSR count). The van der Waals surface area contributed by atoms with Gasteiger partial charge in [-0.1, -0.05) is 29.3 Å². The van der Waals surface area contributed by atoms with Gasteiger partial charge in [-0.2, -0.15) is 5.10 Å². The van der Waals surface area contributed by atoms with Crippen molar-refractivity contribution in [2.24, 2.45) is 0 Å². The maximum absolute atomic E-state index is 15.2. The van der Waals surface area contributed by atoms with Gasteiger partial charge in [-0.05, 0) is 35.9 Å². The van der Waals surface area contributed by atoms with E-state index >= 15 is 4.39 Å². The number of fused-ring (bicyclic) bond motifs is 1. The zero-order chi connectivity index (χ0) is 24.5. The minimum Gasteiger partial charge on any atom is -0.494 e. The van der Waals surface area contributed by atoms with Gasteiger partial charge in [-0.25, -0.2) is 21.9 Å². The highest BCUT2D eigenvalue weighted by Crippen LogP contribution is 2.31. The molecule has 0 amide bonds. The van der Waals surface area contributed by atoms with E-state index in [1.807, 2.05) is 0 Å². The van der Waals surface area contributed by atoms with Crippen LogP contribution < -0.4 is 9.46 Å². The number of rotatable bonds is 7. The topological polar surface area (TPSA) is 82.5 Å². The predicted molar refractivity (Wildman–Crippen MR) is 124 cm³/mol. The molecule has 3 aromatic rings. The first kappa shape index (κ1) is 24.6. The Bertz CT molecular complexity index is 1380. The van der Waals surface area contributed by atoms with Gasteiger partial charge >= 0.3 is 0 Å². The monoisotopic (exact) mass is 529 g/mol. The molecule has 0 saturated carbocycles. The van der Waals surface area contributed by atoms with Crippen molar-refractivity contribution in [1.82, 2.24) is 14.5 Å². The number of nitrogens with one attached hydrogen (secondary N) is 1. The largest absolute Gasteiger partial charge is 0.494 e. The van der Waals surface area contributed by atoms with Crippen molar-refractivity contribution in [1.29, 1.82) is 0 Å². The summed E-state index contributed by atoms with van der Waals surface area (Å²) in [5.74, 6) is -1.70. The molecule has 2 heterocycles. The van der Waals surface area contributed by atoms with E-state index in [4.69, 9.17) is 32.7 Å². The lowest BCUT2D eigenvalue weighted by molar-refractivity contribution is 0.144. The van der Waals surface area contributed by atoms with Crippen LogP contribution >= 0.6 is 23.2 Å². The van der Waals surface area contributed by atoms with E-state index in [9.17, 15) is 12.8 Å². The highest BCUT2D eigenvalue weighted by Gasteiger charge is 2.25. The van der Waals surface area contributed by atoms with Crippen LogP contribution in [0.2, 0.25) is 10.0 Å². The number of ether oxygens (including phenoxy) is 2. The highest BCUT2D eigenvalue weighted by atomic mass is 35.5. The molecule has 0 atom stereocenters. The van der Waals surface area contributed by atoms with Crippen molar-refractivity contribution in [2.75, 3.05) is 20.3 Å². The van der Waals surface area contributed by atoms with Crippen LogP contribution in [0, 0.1) is 5.82 Å². The molecule has 0 saturated heterocycles. The van der Waals surface area contributed by atoms with E-state index in [1.54, 1.807) is 29.1 Å². The molecular weight excluding hydrogens is 511 g/mol. The van der Waals surface area contributed by atoms with Gasteiger partial charge in [0, 0.05) is 21.2 Å². The average molecular weight is 530 g/mol. The van der Waals surface area contributed by atoms with Crippen molar-refractivity contribution in [3.8, 4) is 5.75 Å². The lowest BCUT2D eigenvalue weighted by Crippen LogP contribution is -2.26. The maximum atomic E-state index is 15.2. The molecule has 180 valence electrons. The van der Waals surface area contributed by atoms with Gasteiger partial charge in [0.15, 0.2) is 11.6 Å². The normalized spacial score (nSPS) is 15.2. The summed E-state index contributed by atoms with van der Waals surface area (Å²) in [7, 11) is -2.92. The second-order valence-corrected chi connectivity index (χ2v) is 10.0. The molecular formula is C22H19Cl2F2N3O4S. The molecule has 7 nitrogen and oxygen atoms in total. The summed E-state index contributed by atoms with van der Waals surface area (Å²) in [6.07, 6.45) is 1.57. The van der Waals surface area contributed by atoms with Crippen LogP contribution in [0.5, 0.6) is 5.75 Å². The number of benzene rings is 2. The molecule has 1 aliphatic heterocycles. The molecule has 1 aromatic heterocycles. The van der Waals surface area contributed by atoms with Crippen LogP contribution in [0.15, 0.2) is 53.3 Å². The zero-order valence-corrected chi connectivity index (χ0v) is 20.1. The molecule has 0 unspecified atom stereocenters. The lowest BCUT2D eigenvalue weighted by atomic mass is 10.1. The molecule has 2 aromatic carbocycles. The molecule has 0 bridgehead atoms. The molecule has 0 spiro atoms. The Kier molecular flexibility index (Phi) is 7.25. The second-order valence-electron chi connectivity index (χ2n) is 7.41. The summed E-state index contributed by atoms with van der Waals surface area (Å²) >= 11 is 12.2. The first-order valence-corrected chi connectivity index (χ1v) is 12.2. The van der Waals surface area contributed by atoms with E-state index in [2.05, 4.69) is 9.82 Å². The predicted octanol–water partition coefficient (Wildman–Crippen LogP) is 4.58. The number of halogens is 4. The molecule has 0 fully saturated rings. The van der Waals surface area contributed by atoms with Gasteiger partial charge in [0.25, 0.3) is 0 Å². The van der Waals surface area contributed by atoms with E-state index in [1.165, 1.54) is 19.2 Å². The summed E-state index contributed by atoms with van der Waals surface area (Å²) in [4.78, 5) is -0.355. The van der Waals surface area contributed by atoms with E-state index < -0.39 is 28.2 Å². The minimum atomic E-state index is -4.19. The Hall–Kier alpha value is -2.50. The third kappa shape index (κ3) is 5.11. The van der Waals surface area contributed by atoms with E-state index in [0.29, 0.717) is 21.3 Å². The molecule has 12 heteroatoms. The van der Waals surface area contributed by atoms with Gasteiger partial charge in [0.2, 0.25) is 10.0 Å². The summed E-state index contributed by atoms with van der Waals surface area (Å²) in [6, 6.07) is 8.20.